The van der Waals surface area contributed by atoms with E-state index in [1.807, 2.05) is 20.8 Å². The summed E-state index contributed by atoms with van der Waals surface area (Å²) in [5.41, 5.74) is -0.350. The van der Waals surface area contributed by atoms with Crippen molar-refractivity contribution >= 4 is 24.0 Å². The molecule has 0 aromatic carbocycles. The minimum Gasteiger partial charge on any atom is -0.465 e. The molecule has 0 atom stereocenters. The number of esters is 1. The molecule has 0 saturated carbocycles. The molecule has 0 rings (SSSR count). The van der Waals surface area contributed by atoms with Gasteiger partial charge in [-0.1, -0.05) is 6.92 Å². The summed E-state index contributed by atoms with van der Waals surface area (Å²) >= 11 is 0. The number of rotatable bonds is 8. The van der Waals surface area contributed by atoms with Gasteiger partial charge in [-0.3, -0.25) is 4.79 Å². The van der Waals surface area contributed by atoms with Gasteiger partial charge in [0, 0.05) is 0 Å². The van der Waals surface area contributed by atoms with E-state index in [0.29, 0.717) is 16.4 Å². The molecular weight excluding hydrogens is 248 g/mol. The van der Waals surface area contributed by atoms with E-state index in [1.54, 1.807) is 0 Å². The van der Waals surface area contributed by atoms with Crippen molar-refractivity contribution in [3.05, 3.63) is 0 Å². The molecular formula is C12H26O3Si2. The molecule has 0 aliphatic carbocycles. The lowest BCUT2D eigenvalue weighted by Crippen LogP contribution is -2.28. The van der Waals surface area contributed by atoms with Crippen LogP contribution < -0.4 is 0 Å². The van der Waals surface area contributed by atoms with E-state index < -0.39 is 8.32 Å². The van der Waals surface area contributed by atoms with Crippen molar-refractivity contribution in [2.24, 2.45) is 5.41 Å². The van der Waals surface area contributed by atoms with E-state index in [-0.39, 0.29) is 11.4 Å². The van der Waals surface area contributed by atoms with E-state index in [9.17, 15) is 4.79 Å². The van der Waals surface area contributed by atoms with Crippen molar-refractivity contribution in [3.63, 3.8) is 0 Å². The Morgan fingerprint density at radius 1 is 1.29 bits per heavy atom. The van der Waals surface area contributed by atoms with Crippen LogP contribution in [-0.2, 0) is 13.6 Å². The zero-order valence-electron chi connectivity index (χ0n) is 12.1. The molecule has 0 bridgehead atoms. The Labute approximate surface area is 109 Å². The molecule has 17 heavy (non-hydrogen) atoms. The first-order chi connectivity index (χ1) is 7.69. The third-order valence-corrected chi connectivity index (χ3v) is 6.06. The van der Waals surface area contributed by atoms with E-state index in [2.05, 4.69) is 19.6 Å². The first-order valence-electron chi connectivity index (χ1n) is 6.27. The van der Waals surface area contributed by atoms with Gasteiger partial charge in [0.15, 0.2) is 8.32 Å². The fourth-order valence-electron chi connectivity index (χ4n) is 0.916. The minimum atomic E-state index is -1.37. The van der Waals surface area contributed by atoms with Crippen LogP contribution in [0.5, 0.6) is 0 Å². The second-order valence-corrected chi connectivity index (χ2v) is 11.7. The molecule has 0 heterocycles. The van der Waals surface area contributed by atoms with Gasteiger partial charge in [-0.2, -0.15) is 0 Å². The molecule has 0 N–H and O–H groups in total. The maximum absolute atomic E-state index is 11.6. The van der Waals surface area contributed by atoms with Gasteiger partial charge in [0.1, 0.15) is 0 Å². The zero-order valence-corrected chi connectivity index (χ0v) is 14.1. The highest BCUT2D eigenvalue weighted by Gasteiger charge is 2.26. The fourth-order valence-corrected chi connectivity index (χ4v) is 3.35. The largest absolute Gasteiger partial charge is 0.465 e. The SMILES string of the molecule is CCC(C)(C)C(=O)OCCC[Si]O[Si](C)(C)C. The van der Waals surface area contributed by atoms with Gasteiger partial charge in [-0.15, -0.1) is 0 Å². The Morgan fingerprint density at radius 3 is 2.35 bits per heavy atom. The third kappa shape index (κ3) is 8.57. The van der Waals surface area contributed by atoms with Crippen LogP contribution in [0.1, 0.15) is 33.6 Å². The number of ether oxygens (including phenoxy) is 1. The van der Waals surface area contributed by atoms with Crippen molar-refractivity contribution < 1.29 is 13.6 Å². The molecule has 100 valence electrons. The van der Waals surface area contributed by atoms with Crippen LogP contribution in [-0.4, -0.2) is 30.7 Å². The highest BCUT2D eigenvalue weighted by atomic mass is 28.4. The standard InChI is InChI=1S/C12H26O3Si2/c1-7-12(2,3)11(13)14-9-8-10-16-15-17(4,5)6/h7-10H2,1-6H3. The van der Waals surface area contributed by atoms with Gasteiger partial charge in [0.05, 0.1) is 12.0 Å². The Hall–Kier alpha value is -0.136. The molecule has 3 nitrogen and oxygen atoms in total. The first kappa shape index (κ1) is 16.9. The second-order valence-electron chi connectivity index (χ2n) is 5.84. The number of hydrogen-bond donors (Lipinski definition) is 0. The zero-order chi connectivity index (χ0) is 13.5. The number of carbonyl (C=O) groups excluding carboxylic acids is 1. The number of hydrogen-bond acceptors (Lipinski definition) is 3. The van der Waals surface area contributed by atoms with Crippen molar-refractivity contribution in [1.82, 2.24) is 0 Å². The van der Waals surface area contributed by atoms with Crippen molar-refractivity contribution in [1.29, 1.82) is 0 Å². The summed E-state index contributed by atoms with van der Waals surface area (Å²) < 4.78 is 11.0. The van der Waals surface area contributed by atoms with Gasteiger partial charge >= 0.3 is 5.97 Å². The van der Waals surface area contributed by atoms with Gasteiger partial charge in [-0.05, 0) is 52.4 Å². The smallest absolute Gasteiger partial charge is 0.311 e. The lowest BCUT2D eigenvalue weighted by atomic mass is 9.91. The van der Waals surface area contributed by atoms with Crippen LogP contribution in [0.3, 0.4) is 0 Å². The molecule has 0 spiro atoms. The van der Waals surface area contributed by atoms with Crippen LogP contribution in [0.25, 0.3) is 0 Å². The lowest BCUT2D eigenvalue weighted by Gasteiger charge is -2.20. The maximum Gasteiger partial charge on any atom is 0.311 e. The van der Waals surface area contributed by atoms with E-state index in [0.717, 1.165) is 18.9 Å². The van der Waals surface area contributed by atoms with Crippen LogP contribution in [0, 0.1) is 5.41 Å². The highest BCUT2D eigenvalue weighted by Crippen LogP contribution is 2.21. The molecule has 0 fully saturated rings. The molecule has 0 saturated heterocycles. The number of carbonyl (C=O) groups is 1. The molecule has 0 aliphatic rings. The average Bonchev–Trinajstić information content (AvgIpc) is 2.21. The Bertz CT molecular complexity index is 234. The summed E-state index contributed by atoms with van der Waals surface area (Å²) in [6.07, 6.45) is 1.71. The van der Waals surface area contributed by atoms with E-state index in [1.165, 1.54) is 0 Å². The summed E-state index contributed by atoms with van der Waals surface area (Å²) in [5.74, 6) is -0.0885. The summed E-state index contributed by atoms with van der Waals surface area (Å²) in [5, 5.41) is 0. The molecule has 2 radical (unpaired) electrons. The van der Waals surface area contributed by atoms with Gasteiger partial charge < -0.3 is 8.85 Å². The molecule has 0 aliphatic heterocycles. The molecule has 5 heteroatoms. The monoisotopic (exact) mass is 274 g/mol. The Kier molecular flexibility index (Phi) is 7.27. The van der Waals surface area contributed by atoms with Gasteiger partial charge in [-0.25, -0.2) is 0 Å². The molecule has 0 amide bonds. The lowest BCUT2D eigenvalue weighted by molar-refractivity contribution is -0.154. The Balaban J connectivity index is 3.56. The van der Waals surface area contributed by atoms with Crippen LogP contribution in [0.4, 0.5) is 0 Å². The predicted octanol–water partition coefficient (Wildman–Crippen LogP) is 3.24. The predicted molar refractivity (Wildman–Crippen MR) is 74.6 cm³/mol. The summed E-state index contributed by atoms with van der Waals surface area (Å²) in [6, 6.07) is 0.990. The summed E-state index contributed by atoms with van der Waals surface area (Å²) in [4.78, 5) is 11.6. The second kappa shape index (κ2) is 7.33. The van der Waals surface area contributed by atoms with Crippen LogP contribution in [0.2, 0.25) is 25.7 Å². The fraction of sp³-hybridized carbons (Fsp3) is 0.917. The first-order valence-corrected chi connectivity index (χ1v) is 10.8. The summed E-state index contributed by atoms with van der Waals surface area (Å²) in [6.45, 7) is 12.9. The third-order valence-electron chi connectivity index (χ3n) is 2.47. The van der Waals surface area contributed by atoms with E-state index in [4.69, 9.17) is 8.85 Å². The molecule has 0 unspecified atom stereocenters. The summed E-state index contributed by atoms with van der Waals surface area (Å²) in [7, 11) is -0.826. The van der Waals surface area contributed by atoms with Gasteiger partial charge in [0.25, 0.3) is 0 Å². The van der Waals surface area contributed by atoms with Crippen molar-refractivity contribution in [2.75, 3.05) is 6.61 Å². The molecule has 0 aromatic rings. The Morgan fingerprint density at radius 2 is 1.88 bits per heavy atom. The maximum atomic E-state index is 11.6. The molecule has 0 aromatic heterocycles. The van der Waals surface area contributed by atoms with Crippen LogP contribution >= 0.6 is 0 Å². The minimum absolute atomic E-state index is 0.0885. The van der Waals surface area contributed by atoms with Gasteiger partial charge in [0.2, 0.25) is 9.76 Å². The van der Waals surface area contributed by atoms with E-state index >= 15 is 0 Å². The van der Waals surface area contributed by atoms with Crippen molar-refractivity contribution in [2.45, 2.75) is 59.3 Å². The topological polar surface area (TPSA) is 35.5 Å². The van der Waals surface area contributed by atoms with Crippen LogP contribution in [0.15, 0.2) is 0 Å². The average molecular weight is 275 g/mol. The highest BCUT2D eigenvalue weighted by molar-refractivity contribution is 6.73. The quantitative estimate of drug-likeness (QED) is 0.387. The van der Waals surface area contributed by atoms with Crippen molar-refractivity contribution in [3.8, 4) is 0 Å². The normalized spacial score (nSPS) is 12.6.